The van der Waals surface area contributed by atoms with Gasteiger partial charge in [-0.3, -0.25) is 4.72 Å². The monoisotopic (exact) mass is 377 g/mol. The molecule has 1 aromatic carbocycles. The van der Waals surface area contributed by atoms with Crippen LogP contribution < -0.4 is 19.5 Å². The largest absolute Gasteiger partial charge is 0.495 e. The highest BCUT2D eigenvalue weighted by Gasteiger charge is 2.23. The second kappa shape index (κ2) is 7.68. The van der Waals surface area contributed by atoms with E-state index in [1.54, 1.807) is 0 Å². The lowest BCUT2D eigenvalue weighted by Gasteiger charge is -2.15. The number of methoxy groups -OCH3 is 1. The number of nitrogens with one attached hydrogen (secondary N) is 3. The van der Waals surface area contributed by atoms with E-state index < -0.39 is 20.0 Å². The van der Waals surface area contributed by atoms with Crippen LogP contribution in [0.5, 0.6) is 5.75 Å². The van der Waals surface area contributed by atoms with Crippen molar-refractivity contribution in [2.75, 3.05) is 30.7 Å². The molecule has 1 aliphatic rings. The Bertz CT molecular complexity index is 772. The van der Waals surface area contributed by atoms with Crippen molar-refractivity contribution >= 4 is 25.7 Å². The summed E-state index contributed by atoms with van der Waals surface area (Å²) in [4.78, 5) is -0.0255. The van der Waals surface area contributed by atoms with E-state index in [-0.39, 0.29) is 28.1 Å². The summed E-state index contributed by atoms with van der Waals surface area (Å²) in [5.41, 5.74) is 0.255. The molecule has 0 amide bonds. The molecule has 0 spiro atoms. The predicted octanol–water partition coefficient (Wildman–Crippen LogP) is 0.487. The fourth-order valence-electron chi connectivity index (χ4n) is 2.42. The second-order valence-electron chi connectivity index (χ2n) is 5.52. The standard InChI is InChI=1S/C14H23N3O5S2/c1-3-23(18,19)17-11-6-7-14(13(9-11)22-2)24(20,21)16-10-12-5-4-8-15-12/h6-7,9,12,15-17H,3-5,8,10H2,1-2H3. The van der Waals surface area contributed by atoms with Crippen LogP contribution in [0, 0.1) is 0 Å². The van der Waals surface area contributed by atoms with Crippen LogP contribution in [0.4, 0.5) is 5.69 Å². The predicted molar refractivity (Wildman–Crippen MR) is 92.3 cm³/mol. The Morgan fingerprint density at radius 3 is 2.62 bits per heavy atom. The highest BCUT2D eigenvalue weighted by Crippen LogP contribution is 2.27. The molecule has 2 rings (SSSR count). The van der Waals surface area contributed by atoms with Crippen molar-refractivity contribution in [1.82, 2.24) is 10.0 Å². The van der Waals surface area contributed by atoms with Crippen molar-refractivity contribution in [1.29, 1.82) is 0 Å². The smallest absolute Gasteiger partial charge is 0.244 e. The van der Waals surface area contributed by atoms with Crippen molar-refractivity contribution in [2.45, 2.75) is 30.7 Å². The van der Waals surface area contributed by atoms with Gasteiger partial charge in [-0.25, -0.2) is 21.6 Å². The average molecular weight is 377 g/mol. The van der Waals surface area contributed by atoms with E-state index in [0.717, 1.165) is 19.4 Å². The zero-order chi connectivity index (χ0) is 17.8. The van der Waals surface area contributed by atoms with Gasteiger partial charge in [0, 0.05) is 18.7 Å². The maximum atomic E-state index is 12.5. The van der Waals surface area contributed by atoms with Crippen LogP contribution >= 0.6 is 0 Å². The minimum atomic E-state index is -3.75. The van der Waals surface area contributed by atoms with Gasteiger partial charge in [-0.1, -0.05) is 0 Å². The number of ether oxygens (including phenoxy) is 1. The van der Waals surface area contributed by atoms with Crippen LogP contribution in [0.3, 0.4) is 0 Å². The highest BCUT2D eigenvalue weighted by molar-refractivity contribution is 7.92. The van der Waals surface area contributed by atoms with E-state index in [2.05, 4.69) is 14.8 Å². The summed E-state index contributed by atoms with van der Waals surface area (Å²) in [5, 5.41) is 3.22. The van der Waals surface area contributed by atoms with Gasteiger partial charge in [-0.2, -0.15) is 0 Å². The summed E-state index contributed by atoms with van der Waals surface area (Å²) in [7, 11) is -5.86. The fraction of sp³-hybridized carbons (Fsp3) is 0.571. The molecule has 1 unspecified atom stereocenters. The number of sulfonamides is 2. The summed E-state index contributed by atoms with van der Waals surface area (Å²) in [6.45, 7) is 2.71. The maximum absolute atomic E-state index is 12.5. The molecule has 1 heterocycles. The molecule has 1 aliphatic heterocycles. The molecular formula is C14H23N3O5S2. The summed E-state index contributed by atoms with van der Waals surface area (Å²) in [5.74, 6) is 0.00359. The molecule has 0 bridgehead atoms. The molecule has 0 aliphatic carbocycles. The summed E-state index contributed by atoms with van der Waals surface area (Å²) < 4.78 is 58.2. The van der Waals surface area contributed by atoms with Gasteiger partial charge in [0.05, 0.1) is 18.6 Å². The minimum Gasteiger partial charge on any atom is -0.495 e. The fourth-order valence-corrected chi connectivity index (χ4v) is 4.28. The first-order chi connectivity index (χ1) is 11.3. The topological polar surface area (TPSA) is 114 Å². The van der Waals surface area contributed by atoms with Crippen molar-refractivity contribution in [3.63, 3.8) is 0 Å². The molecule has 3 N–H and O–H groups in total. The van der Waals surface area contributed by atoms with Crippen LogP contribution in [0.1, 0.15) is 19.8 Å². The number of anilines is 1. The van der Waals surface area contributed by atoms with Crippen LogP contribution in [0.2, 0.25) is 0 Å². The summed E-state index contributed by atoms with van der Waals surface area (Å²) in [6, 6.07) is 4.21. The van der Waals surface area contributed by atoms with E-state index in [0.29, 0.717) is 6.54 Å². The van der Waals surface area contributed by atoms with Crippen molar-refractivity contribution < 1.29 is 21.6 Å². The molecule has 1 fully saturated rings. The van der Waals surface area contributed by atoms with Gasteiger partial charge in [0.1, 0.15) is 10.6 Å². The van der Waals surface area contributed by atoms with E-state index in [9.17, 15) is 16.8 Å². The van der Waals surface area contributed by atoms with Gasteiger partial charge in [0.25, 0.3) is 0 Å². The zero-order valence-electron chi connectivity index (χ0n) is 13.7. The van der Waals surface area contributed by atoms with Gasteiger partial charge >= 0.3 is 0 Å². The third kappa shape index (κ3) is 4.82. The number of rotatable bonds is 8. The van der Waals surface area contributed by atoms with Crippen molar-refractivity contribution in [3.05, 3.63) is 18.2 Å². The zero-order valence-corrected chi connectivity index (χ0v) is 15.3. The Kier molecular flexibility index (Phi) is 6.07. The van der Waals surface area contributed by atoms with E-state index in [1.165, 1.54) is 32.2 Å². The SMILES string of the molecule is CCS(=O)(=O)Nc1ccc(S(=O)(=O)NCC2CCCN2)c(OC)c1. The van der Waals surface area contributed by atoms with Crippen LogP contribution in [0.25, 0.3) is 0 Å². The molecular weight excluding hydrogens is 354 g/mol. The lowest BCUT2D eigenvalue weighted by Crippen LogP contribution is -2.37. The van der Waals surface area contributed by atoms with E-state index in [4.69, 9.17) is 4.74 Å². The molecule has 10 heteroatoms. The summed E-state index contributed by atoms with van der Waals surface area (Å²) in [6.07, 6.45) is 1.96. The Hall–Kier alpha value is -1.36. The van der Waals surface area contributed by atoms with Crippen LogP contribution in [0.15, 0.2) is 23.1 Å². The molecule has 0 aromatic heterocycles. The van der Waals surface area contributed by atoms with Gasteiger partial charge < -0.3 is 10.1 Å². The van der Waals surface area contributed by atoms with Crippen LogP contribution in [-0.2, 0) is 20.0 Å². The van der Waals surface area contributed by atoms with Gasteiger partial charge in [0.15, 0.2) is 0 Å². The van der Waals surface area contributed by atoms with Gasteiger partial charge in [-0.15, -0.1) is 0 Å². The molecule has 8 nitrogen and oxygen atoms in total. The average Bonchev–Trinajstić information content (AvgIpc) is 3.06. The summed E-state index contributed by atoms with van der Waals surface area (Å²) >= 11 is 0. The normalized spacial score (nSPS) is 18.5. The van der Waals surface area contributed by atoms with E-state index >= 15 is 0 Å². The van der Waals surface area contributed by atoms with Crippen LogP contribution in [-0.4, -0.2) is 48.8 Å². The molecule has 0 radical (unpaired) electrons. The third-order valence-electron chi connectivity index (χ3n) is 3.79. The van der Waals surface area contributed by atoms with Gasteiger partial charge in [0.2, 0.25) is 20.0 Å². The van der Waals surface area contributed by atoms with Crippen molar-refractivity contribution in [3.8, 4) is 5.75 Å². The Labute approximate surface area is 143 Å². The Balaban J connectivity index is 2.19. The first-order valence-electron chi connectivity index (χ1n) is 7.69. The molecule has 24 heavy (non-hydrogen) atoms. The molecule has 1 aromatic rings. The molecule has 1 saturated heterocycles. The first-order valence-corrected chi connectivity index (χ1v) is 10.8. The highest BCUT2D eigenvalue weighted by atomic mass is 32.2. The van der Waals surface area contributed by atoms with E-state index in [1.807, 2.05) is 0 Å². The second-order valence-corrected chi connectivity index (χ2v) is 9.26. The third-order valence-corrected chi connectivity index (χ3v) is 6.56. The lowest BCUT2D eigenvalue weighted by molar-refractivity contribution is 0.402. The Morgan fingerprint density at radius 2 is 2.04 bits per heavy atom. The molecule has 1 atom stereocenters. The lowest BCUT2D eigenvalue weighted by atomic mass is 10.2. The Morgan fingerprint density at radius 1 is 1.29 bits per heavy atom. The number of benzene rings is 1. The number of hydrogen-bond acceptors (Lipinski definition) is 6. The minimum absolute atomic E-state index is 0.0255. The molecule has 136 valence electrons. The molecule has 0 saturated carbocycles. The first kappa shape index (κ1) is 19.0. The maximum Gasteiger partial charge on any atom is 0.244 e. The van der Waals surface area contributed by atoms with Crippen molar-refractivity contribution in [2.24, 2.45) is 0 Å². The number of hydrogen-bond donors (Lipinski definition) is 3. The van der Waals surface area contributed by atoms with Gasteiger partial charge in [-0.05, 0) is 38.4 Å². The quantitative estimate of drug-likeness (QED) is 0.607.